The van der Waals surface area contributed by atoms with Gasteiger partial charge in [-0.15, -0.1) is 11.6 Å². The van der Waals surface area contributed by atoms with Gasteiger partial charge in [0.1, 0.15) is 11.6 Å². The van der Waals surface area contributed by atoms with E-state index in [2.05, 4.69) is 20.9 Å². The van der Waals surface area contributed by atoms with Crippen molar-refractivity contribution in [2.45, 2.75) is 5.88 Å². The molecule has 0 aliphatic rings. The van der Waals surface area contributed by atoms with Gasteiger partial charge in [0.15, 0.2) is 0 Å². The summed E-state index contributed by atoms with van der Waals surface area (Å²) in [6.07, 6.45) is 0. The Kier molecular flexibility index (Phi) is 3.71. The molecule has 0 atom stereocenters. The molecule has 2 aromatic carbocycles. The van der Waals surface area contributed by atoms with Gasteiger partial charge in [-0.3, -0.25) is 4.57 Å². The highest BCUT2D eigenvalue weighted by molar-refractivity contribution is 9.10. The number of hydrogen-bond donors (Lipinski definition) is 0. The van der Waals surface area contributed by atoms with E-state index in [0.717, 1.165) is 10.2 Å². The molecule has 2 nitrogen and oxygen atoms in total. The zero-order chi connectivity index (χ0) is 14.3. The monoisotopic (exact) mass is 372 g/mol. The van der Waals surface area contributed by atoms with E-state index in [1.165, 1.54) is 12.1 Å². The van der Waals surface area contributed by atoms with Crippen LogP contribution in [0.5, 0.6) is 0 Å². The van der Waals surface area contributed by atoms with Gasteiger partial charge in [0.05, 0.1) is 21.9 Å². The molecule has 3 aromatic rings. The standard InChI is InChI=1S/C14H8BrCl2FN2/c15-8-1-3-9(4-2-8)20-13-6-11(18)10(17)5-12(13)19-14(20)7-16/h1-6H,7H2. The summed E-state index contributed by atoms with van der Waals surface area (Å²) in [5, 5.41) is 0.0547. The number of alkyl halides is 1. The van der Waals surface area contributed by atoms with E-state index in [9.17, 15) is 4.39 Å². The third-order valence-corrected chi connectivity index (χ3v) is 4.03. The molecule has 0 radical (unpaired) electrons. The van der Waals surface area contributed by atoms with E-state index in [0.29, 0.717) is 16.9 Å². The normalized spacial score (nSPS) is 11.2. The number of rotatable bonds is 2. The van der Waals surface area contributed by atoms with Crippen LogP contribution in [-0.2, 0) is 5.88 Å². The van der Waals surface area contributed by atoms with Crippen molar-refractivity contribution in [3.8, 4) is 5.69 Å². The van der Waals surface area contributed by atoms with Gasteiger partial charge in [0.25, 0.3) is 0 Å². The lowest BCUT2D eigenvalue weighted by Gasteiger charge is -2.08. The quantitative estimate of drug-likeness (QED) is 0.556. The number of fused-ring (bicyclic) bond motifs is 1. The van der Waals surface area contributed by atoms with Crippen LogP contribution in [0.4, 0.5) is 4.39 Å². The molecule has 0 spiro atoms. The molecule has 1 heterocycles. The molecule has 0 bridgehead atoms. The first-order valence-corrected chi connectivity index (χ1v) is 7.49. The molecule has 0 aliphatic heterocycles. The van der Waals surface area contributed by atoms with Crippen LogP contribution in [0.1, 0.15) is 5.82 Å². The molecule has 0 N–H and O–H groups in total. The van der Waals surface area contributed by atoms with Gasteiger partial charge in [-0.2, -0.15) is 0 Å². The highest BCUT2D eigenvalue weighted by atomic mass is 79.9. The Bertz CT molecular complexity index is 784. The lowest BCUT2D eigenvalue weighted by molar-refractivity contribution is 0.629. The number of halogens is 4. The molecule has 20 heavy (non-hydrogen) atoms. The summed E-state index contributed by atoms with van der Waals surface area (Å²) in [7, 11) is 0. The highest BCUT2D eigenvalue weighted by Gasteiger charge is 2.14. The smallest absolute Gasteiger partial charge is 0.144 e. The molecule has 0 amide bonds. The summed E-state index contributed by atoms with van der Waals surface area (Å²) < 4.78 is 16.5. The van der Waals surface area contributed by atoms with Crippen molar-refractivity contribution >= 4 is 50.2 Å². The van der Waals surface area contributed by atoms with E-state index < -0.39 is 5.82 Å². The fraction of sp³-hybridized carbons (Fsp3) is 0.0714. The minimum absolute atomic E-state index is 0.0547. The van der Waals surface area contributed by atoms with Crippen LogP contribution in [0.3, 0.4) is 0 Å². The Labute approximate surface area is 133 Å². The largest absolute Gasteiger partial charge is 0.295 e. The van der Waals surface area contributed by atoms with E-state index in [1.54, 1.807) is 0 Å². The second-order valence-corrected chi connectivity index (χ2v) is 5.82. The number of aromatic nitrogens is 2. The molecule has 0 aliphatic carbocycles. The molecule has 0 saturated carbocycles. The van der Waals surface area contributed by atoms with Crippen LogP contribution >= 0.6 is 39.1 Å². The van der Waals surface area contributed by atoms with Crippen molar-refractivity contribution in [1.82, 2.24) is 9.55 Å². The Morgan fingerprint density at radius 2 is 1.90 bits per heavy atom. The summed E-state index contributed by atoms with van der Waals surface area (Å²) in [4.78, 5) is 4.40. The van der Waals surface area contributed by atoms with E-state index >= 15 is 0 Å². The van der Waals surface area contributed by atoms with Gasteiger partial charge in [-0.1, -0.05) is 27.5 Å². The predicted octanol–water partition coefficient (Wildman–Crippen LogP) is 5.32. The summed E-state index contributed by atoms with van der Waals surface area (Å²) in [5.41, 5.74) is 2.13. The lowest BCUT2D eigenvalue weighted by atomic mass is 10.2. The summed E-state index contributed by atoms with van der Waals surface area (Å²) >= 11 is 15.1. The maximum atomic E-state index is 13.7. The van der Waals surface area contributed by atoms with Crippen molar-refractivity contribution in [1.29, 1.82) is 0 Å². The highest BCUT2D eigenvalue weighted by Crippen LogP contribution is 2.27. The average molecular weight is 374 g/mol. The first-order valence-electron chi connectivity index (χ1n) is 5.78. The molecule has 3 rings (SSSR count). The molecule has 6 heteroatoms. The Hall–Kier alpha value is -1.10. The Morgan fingerprint density at radius 3 is 2.55 bits per heavy atom. The number of benzene rings is 2. The van der Waals surface area contributed by atoms with Crippen molar-refractivity contribution < 1.29 is 4.39 Å². The van der Waals surface area contributed by atoms with Crippen molar-refractivity contribution in [2.24, 2.45) is 0 Å². The molecule has 0 unspecified atom stereocenters. The summed E-state index contributed by atoms with van der Waals surface area (Å²) in [6, 6.07) is 10.5. The first kappa shape index (κ1) is 13.9. The van der Waals surface area contributed by atoms with Gasteiger partial charge >= 0.3 is 0 Å². The van der Waals surface area contributed by atoms with Gasteiger partial charge in [0.2, 0.25) is 0 Å². The fourth-order valence-corrected chi connectivity index (χ4v) is 2.69. The van der Waals surface area contributed by atoms with Gasteiger partial charge in [-0.25, -0.2) is 9.37 Å². The zero-order valence-corrected chi connectivity index (χ0v) is 13.2. The van der Waals surface area contributed by atoms with Crippen LogP contribution in [0.25, 0.3) is 16.7 Å². The van der Waals surface area contributed by atoms with E-state index in [4.69, 9.17) is 23.2 Å². The maximum absolute atomic E-state index is 13.7. The molecular weight excluding hydrogens is 366 g/mol. The topological polar surface area (TPSA) is 17.8 Å². The number of hydrogen-bond acceptors (Lipinski definition) is 1. The third kappa shape index (κ3) is 2.32. The van der Waals surface area contributed by atoms with Crippen LogP contribution in [0.15, 0.2) is 40.9 Å². The molecule has 0 saturated heterocycles. The summed E-state index contributed by atoms with van der Waals surface area (Å²) in [6.45, 7) is 0. The Morgan fingerprint density at radius 1 is 1.20 bits per heavy atom. The van der Waals surface area contributed by atoms with Crippen LogP contribution < -0.4 is 0 Å². The van der Waals surface area contributed by atoms with Gasteiger partial charge in [-0.05, 0) is 30.3 Å². The van der Waals surface area contributed by atoms with Gasteiger partial charge < -0.3 is 0 Å². The predicted molar refractivity (Wildman–Crippen MR) is 83.3 cm³/mol. The van der Waals surface area contributed by atoms with E-state index in [1.807, 2.05) is 28.8 Å². The maximum Gasteiger partial charge on any atom is 0.144 e. The second-order valence-electron chi connectivity index (χ2n) is 4.23. The minimum Gasteiger partial charge on any atom is -0.295 e. The first-order chi connectivity index (χ1) is 9.60. The fourth-order valence-electron chi connectivity index (χ4n) is 2.09. The average Bonchev–Trinajstić information content (AvgIpc) is 2.78. The number of nitrogens with zero attached hydrogens (tertiary/aromatic N) is 2. The zero-order valence-electron chi connectivity index (χ0n) is 10.1. The molecule has 0 fully saturated rings. The molecule has 102 valence electrons. The van der Waals surface area contributed by atoms with Gasteiger partial charge in [0, 0.05) is 16.2 Å². The molecular formula is C14H8BrCl2FN2. The van der Waals surface area contributed by atoms with Crippen molar-refractivity contribution in [3.63, 3.8) is 0 Å². The van der Waals surface area contributed by atoms with Crippen molar-refractivity contribution in [2.75, 3.05) is 0 Å². The van der Waals surface area contributed by atoms with Crippen LogP contribution in [-0.4, -0.2) is 9.55 Å². The number of imidazole rings is 1. The van der Waals surface area contributed by atoms with Crippen LogP contribution in [0.2, 0.25) is 5.02 Å². The molecule has 1 aromatic heterocycles. The Balaban J connectivity index is 2.32. The lowest BCUT2D eigenvalue weighted by Crippen LogP contribution is -1.99. The summed E-state index contributed by atoms with van der Waals surface area (Å²) in [5.74, 6) is 0.397. The second kappa shape index (κ2) is 5.35. The third-order valence-electron chi connectivity index (χ3n) is 2.97. The minimum atomic E-state index is -0.474. The van der Waals surface area contributed by atoms with E-state index in [-0.39, 0.29) is 10.9 Å². The SMILES string of the molecule is Fc1cc2c(cc1Cl)nc(CCl)n2-c1ccc(Br)cc1. The van der Waals surface area contributed by atoms with Crippen LogP contribution in [0, 0.1) is 5.82 Å². The van der Waals surface area contributed by atoms with Crippen molar-refractivity contribution in [3.05, 3.63) is 57.5 Å².